The Kier molecular flexibility index (Phi) is 5.03. The van der Waals surface area contributed by atoms with Gasteiger partial charge >= 0.3 is 0 Å². The van der Waals surface area contributed by atoms with Gasteiger partial charge in [-0.3, -0.25) is 4.79 Å². The predicted octanol–water partition coefficient (Wildman–Crippen LogP) is 1.39. The van der Waals surface area contributed by atoms with Crippen LogP contribution in [0.25, 0.3) is 0 Å². The SMILES string of the molecule is COc1cc2c(cc1OC)CC(=O)N(CCC1OCCO1)CC2. The molecule has 23 heavy (non-hydrogen) atoms. The summed E-state index contributed by atoms with van der Waals surface area (Å²) < 4.78 is 21.6. The number of amides is 1. The predicted molar refractivity (Wildman–Crippen MR) is 83.8 cm³/mol. The molecule has 0 bridgehead atoms. The van der Waals surface area contributed by atoms with Crippen LogP contribution in [0.1, 0.15) is 17.5 Å². The van der Waals surface area contributed by atoms with Gasteiger partial charge in [0.2, 0.25) is 5.91 Å². The highest BCUT2D eigenvalue weighted by Crippen LogP contribution is 2.32. The third kappa shape index (κ3) is 3.59. The molecule has 1 amide bonds. The topological polar surface area (TPSA) is 57.2 Å². The Morgan fingerprint density at radius 3 is 2.43 bits per heavy atom. The minimum Gasteiger partial charge on any atom is -0.493 e. The lowest BCUT2D eigenvalue weighted by Gasteiger charge is -2.21. The number of hydrogen-bond donors (Lipinski definition) is 0. The monoisotopic (exact) mass is 321 g/mol. The van der Waals surface area contributed by atoms with E-state index in [1.54, 1.807) is 14.2 Å². The van der Waals surface area contributed by atoms with E-state index in [0.29, 0.717) is 50.6 Å². The summed E-state index contributed by atoms with van der Waals surface area (Å²) in [5.74, 6) is 1.51. The average Bonchev–Trinajstić information content (AvgIpc) is 3.03. The van der Waals surface area contributed by atoms with Crippen LogP contribution < -0.4 is 9.47 Å². The highest BCUT2D eigenvalue weighted by Gasteiger charge is 2.24. The van der Waals surface area contributed by atoms with Gasteiger partial charge in [0.25, 0.3) is 0 Å². The van der Waals surface area contributed by atoms with Crippen molar-refractivity contribution in [3.05, 3.63) is 23.3 Å². The first-order valence-electron chi connectivity index (χ1n) is 7.96. The summed E-state index contributed by atoms with van der Waals surface area (Å²) in [6.07, 6.45) is 1.75. The molecule has 6 nitrogen and oxygen atoms in total. The van der Waals surface area contributed by atoms with Gasteiger partial charge in [0, 0.05) is 19.5 Å². The second kappa shape index (κ2) is 7.19. The Hall–Kier alpha value is -1.79. The Balaban J connectivity index is 1.69. The fourth-order valence-corrected chi connectivity index (χ4v) is 3.09. The fourth-order valence-electron chi connectivity index (χ4n) is 3.09. The molecule has 0 unspecified atom stereocenters. The van der Waals surface area contributed by atoms with Gasteiger partial charge in [0.15, 0.2) is 17.8 Å². The van der Waals surface area contributed by atoms with E-state index in [1.165, 1.54) is 0 Å². The molecule has 1 fully saturated rings. The van der Waals surface area contributed by atoms with Crippen LogP contribution in [0.15, 0.2) is 12.1 Å². The largest absolute Gasteiger partial charge is 0.493 e. The van der Waals surface area contributed by atoms with Crippen LogP contribution >= 0.6 is 0 Å². The lowest BCUT2D eigenvalue weighted by molar-refractivity contribution is -0.131. The van der Waals surface area contributed by atoms with E-state index < -0.39 is 0 Å². The van der Waals surface area contributed by atoms with E-state index in [-0.39, 0.29) is 12.2 Å². The highest BCUT2D eigenvalue weighted by molar-refractivity contribution is 5.80. The van der Waals surface area contributed by atoms with Gasteiger partial charge in [-0.1, -0.05) is 0 Å². The molecule has 0 atom stereocenters. The van der Waals surface area contributed by atoms with E-state index in [2.05, 4.69) is 0 Å². The van der Waals surface area contributed by atoms with Crippen LogP contribution in [0.3, 0.4) is 0 Å². The maximum atomic E-state index is 12.5. The molecule has 3 rings (SSSR count). The lowest BCUT2D eigenvalue weighted by atomic mass is 10.0. The minimum absolute atomic E-state index is 0.133. The van der Waals surface area contributed by atoms with E-state index in [0.717, 1.165) is 17.5 Å². The van der Waals surface area contributed by atoms with Crippen molar-refractivity contribution in [2.24, 2.45) is 0 Å². The van der Waals surface area contributed by atoms with E-state index >= 15 is 0 Å². The smallest absolute Gasteiger partial charge is 0.227 e. The number of nitrogens with zero attached hydrogens (tertiary/aromatic N) is 1. The standard InChI is InChI=1S/C17H23NO5/c1-20-14-9-12-3-5-18(6-4-17-22-7-8-23-17)16(19)11-13(12)10-15(14)21-2/h9-10,17H,3-8,11H2,1-2H3. The van der Waals surface area contributed by atoms with Crippen molar-refractivity contribution in [3.63, 3.8) is 0 Å². The van der Waals surface area contributed by atoms with E-state index in [9.17, 15) is 4.79 Å². The minimum atomic E-state index is -0.173. The molecule has 1 aromatic carbocycles. The number of hydrogen-bond acceptors (Lipinski definition) is 5. The third-order valence-electron chi connectivity index (χ3n) is 4.38. The molecule has 1 saturated heterocycles. The van der Waals surface area contributed by atoms with Crippen LogP contribution in [0.2, 0.25) is 0 Å². The third-order valence-corrected chi connectivity index (χ3v) is 4.38. The van der Waals surface area contributed by atoms with Gasteiger partial charge in [-0.05, 0) is 29.7 Å². The number of rotatable bonds is 5. The van der Waals surface area contributed by atoms with Crippen molar-refractivity contribution in [2.75, 3.05) is 40.5 Å². The van der Waals surface area contributed by atoms with E-state index in [1.807, 2.05) is 17.0 Å². The second-order valence-corrected chi connectivity index (χ2v) is 5.74. The summed E-state index contributed by atoms with van der Waals surface area (Å²) in [5, 5.41) is 0. The summed E-state index contributed by atoms with van der Waals surface area (Å²) in [5.41, 5.74) is 2.16. The van der Waals surface area contributed by atoms with Gasteiger partial charge < -0.3 is 23.8 Å². The van der Waals surface area contributed by atoms with E-state index in [4.69, 9.17) is 18.9 Å². The van der Waals surface area contributed by atoms with Crippen LogP contribution in [-0.4, -0.2) is 57.6 Å². The van der Waals surface area contributed by atoms with Crippen molar-refractivity contribution in [1.82, 2.24) is 4.90 Å². The van der Waals surface area contributed by atoms with Gasteiger partial charge in [0.1, 0.15) is 0 Å². The Bertz CT molecular complexity index is 568. The molecule has 0 N–H and O–H groups in total. The molecule has 126 valence electrons. The molecule has 2 aliphatic rings. The van der Waals surface area contributed by atoms with Crippen LogP contribution in [-0.2, 0) is 27.1 Å². The van der Waals surface area contributed by atoms with Crippen molar-refractivity contribution < 1.29 is 23.7 Å². The van der Waals surface area contributed by atoms with Crippen molar-refractivity contribution >= 4 is 5.91 Å². The quantitative estimate of drug-likeness (QED) is 0.820. The number of fused-ring (bicyclic) bond motifs is 1. The number of ether oxygens (including phenoxy) is 4. The molecule has 1 aromatic rings. The highest BCUT2D eigenvalue weighted by atomic mass is 16.7. The molecule has 0 spiro atoms. The Morgan fingerprint density at radius 2 is 1.78 bits per heavy atom. The van der Waals surface area contributed by atoms with Gasteiger partial charge in [-0.2, -0.15) is 0 Å². The Labute approximate surface area is 136 Å². The van der Waals surface area contributed by atoms with Crippen molar-refractivity contribution in [2.45, 2.75) is 25.6 Å². The maximum Gasteiger partial charge on any atom is 0.227 e. The summed E-state index contributed by atoms with van der Waals surface area (Å²) in [6.45, 7) is 2.65. The zero-order valence-electron chi connectivity index (χ0n) is 13.7. The second-order valence-electron chi connectivity index (χ2n) is 5.74. The number of carbonyl (C=O) groups is 1. The first-order chi connectivity index (χ1) is 11.2. The molecule has 0 aromatic heterocycles. The van der Waals surface area contributed by atoms with Crippen molar-refractivity contribution in [1.29, 1.82) is 0 Å². The molecule has 0 aliphatic carbocycles. The first-order valence-corrected chi connectivity index (χ1v) is 7.96. The molecule has 0 saturated carbocycles. The summed E-state index contributed by atoms with van der Waals surface area (Å²) in [7, 11) is 3.23. The van der Waals surface area contributed by atoms with Crippen LogP contribution in [0, 0.1) is 0 Å². The lowest BCUT2D eigenvalue weighted by Crippen LogP contribution is -2.34. The number of methoxy groups -OCH3 is 2. The molecule has 2 heterocycles. The van der Waals surface area contributed by atoms with Gasteiger partial charge in [-0.25, -0.2) is 0 Å². The summed E-state index contributed by atoms with van der Waals surface area (Å²) >= 11 is 0. The molecular weight excluding hydrogens is 298 g/mol. The number of benzene rings is 1. The summed E-state index contributed by atoms with van der Waals surface area (Å²) in [4.78, 5) is 14.4. The molecule has 0 radical (unpaired) electrons. The average molecular weight is 321 g/mol. The van der Waals surface area contributed by atoms with Crippen LogP contribution in [0.5, 0.6) is 11.5 Å². The zero-order valence-corrected chi connectivity index (χ0v) is 13.7. The maximum absolute atomic E-state index is 12.5. The van der Waals surface area contributed by atoms with Crippen LogP contribution in [0.4, 0.5) is 0 Å². The summed E-state index contributed by atoms with van der Waals surface area (Å²) in [6, 6.07) is 3.90. The molecular formula is C17H23NO5. The first kappa shape index (κ1) is 16.1. The Morgan fingerprint density at radius 1 is 1.13 bits per heavy atom. The fraction of sp³-hybridized carbons (Fsp3) is 0.588. The molecule has 6 heteroatoms. The molecule has 2 aliphatic heterocycles. The normalized spacial score (nSPS) is 18.7. The van der Waals surface area contributed by atoms with Crippen molar-refractivity contribution in [3.8, 4) is 11.5 Å². The van der Waals surface area contributed by atoms with Gasteiger partial charge in [0.05, 0.1) is 33.9 Å². The zero-order chi connectivity index (χ0) is 16.2. The number of carbonyl (C=O) groups excluding carboxylic acids is 1. The van der Waals surface area contributed by atoms with Gasteiger partial charge in [-0.15, -0.1) is 0 Å².